The second kappa shape index (κ2) is 7.58. The zero-order valence-electron chi connectivity index (χ0n) is 13.7. The molecule has 1 aromatic carbocycles. The van der Waals surface area contributed by atoms with Gasteiger partial charge in [-0.25, -0.2) is 9.59 Å². The van der Waals surface area contributed by atoms with Gasteiger partial charge in [-0.2, -0.15) is 0 Å². The number of hydrogen-bond donors (Lipinski definition) is 0. The van der Waals surface area contributed by atoms with E-state index in [1.54, 1.807) is 27.7 Å². The van der Waals surface area contributed by atoms with E-state index in [0.29, 0.717) is 11.5 Å². The van der Waals surface area contributed by atoms with Crippen molar-refractivity contribution in [3.05, 3.63) is 36.4 Å². The van der Waals surface area contributed by atoms with E-state index in [1.807, 2.05) is 0 Å². The Labute approximate surface area is 135 Å². The van der Waals surface area contributed by atoms with Gasteiger partial charge in [-0.05, 0) is 52.0 Å². The highest BCUT2D eigenvalue weighted by molar-refractivity contribution is 6.34. The van der Waals surface area contributed by atoms with Crippen LogP contribution in [0.5, 0.6) is 11.5 Å². The molecule has 0 fully saturated rings. The molecule has 0 amide bonds. The molecule has 6 heteroatoms. The second-order valence-electron chi connectivity index (χ2n) is 5.85. The highest BCUT2D eigenvalue weighted by atomic mass is 16.6. The molecule has 0 aliphatic rings. The Hall–Kier alpha value is -2.63. The lowest BCUT2D eigenvalue weighted by Crippen LogP contribution is -2.31. The van der Waals surface area contributed by atoms with Gasteiger partial charge in [-0.3, -0.25) is 4.79 Å². The van der Waals surface area contributed by atoms with Gasteiger partial charge in [-0.15, -0.1) is 0 Å². The van der Waals surface area contributed by atoms with E-state index in [1.165, 1.54) is 24.3 Å². The minimum Gasteiger partial charge on any atom is -0.485 e. The van der Waals surface area contributed by atoms with Crippen molar-refractivity contribution in [3.8, 4) is 11.5 Å². The molecule has 0 atom stereocenters. The first-order chi connectivity index (χ1) is 10.6. The van der Waals surface area contributed by atoms with Crippen molar-refractivity contribution < 1.29 is 28.6 Å². The zero-order valence-corrected chi connectivity index (χ0v) is 13.7. The third kappa shape index (κ3) is 6.78. The van der Waals surface area contributed by atoms with E-state index < -0.39 is 29.9 Å². The Morgan fingerprint density at radius 2 is 1.52 bits per heavy atom. The minimum absolute atomic E-state index is 0.285. The fraction of sp³-hybridized carbons (Fsp3) is 0.353. The summed E-state index contributed by atoms with van der Waals surface area (Å²) in [4.78, 5) is 34.5. The topological polar surface area (TPSA) is 78.9 Å². The Morgan fingerprint density at radius 3 is 2.00 bits per heavy atom. The van der Waals surface area contributed by atoms with Crippen molar-refractivity contribution in [2.24, 2.45) is 0 Å². The van der Waals surface area contributed by atoms with Crippen LogP contribution >= 0.6 is 0 Å². The maximum atomic E-state index is 11.6. The first-order valence-corrected chi connectivity index (χ1v) is 6.95. The summed E-state index contributed by atoms with van der Waals surface area (Å²) in [7, 11) is 0. The molecule has 0 saturated heterocycles. The smallest absolute Gasteiger partial charge is 0.378 e. The summed E-state index contributed by atoms with van der Waals surface area (Å²) in [6.45, 7) is 9.60. The minimum atomic E-state index is -0.940. The SMILES string of the molecule is C=C(C)C(=O)Oc1ccc(OCC(=O)C(=O)OC(C)(C)C)cc1. The van der Waals surface area contributed by atoms with Gasteiger partial charge in [0.1, 0.15) is 17.1 Å². The molecule has 6 nitrogen and oxygen atoms in total. The van der Waals surface area contributed by atoms with Gasteiger partial charge in [0.2, 0.25) is 0 Å². The monoisotopic (exact) mass is 320 g/mol. The zero-order chi connectivity index (χ0) is 17.6. The van der Waals surface area contributed by atoms with Crippen molar-refractivity contribution in [2.45, 2.75) is 33.3 Å². The van der Waals surface area contributed by atoms with Crippen LogP contribution in [0.4, 0.5) is 0 Å². The van der Waals surface area contributed by atoms with Gasteiger partial charge < -0.3 is 14.2 Å². The van der Waals surface area contributed by atoms with E-state index in [9.17, 15) is 14.4 Å². The molecule has 0 aromatic heterocycles. The molecule has 23 heavy (non-hydrogen) atoms. The van der Waals surface area contributed by atoms with Crippen LogP contribution in [-0.2, 0) is 19.1 Å². The molecule has 1 aromatic rings. The van der Waals surface area contributed by atoms with Gasteiger partial charge in [0.15, 0.2) is 6.61 Å². The first kappa shape index (κ1) is 18.4. The van der Waals surface area contributed by atoms with Crippen molar-refractivity contribution in [1.82, 2.24) is 0 Å². The summed E-state index contributed by atoms with van der Waals surface area (Å²) < 4.78 is 15.2. The molecule has 0 bridgehead atoms. The number of benzene rings is 1. The lowest BCUT2D eigenvalue weighted by molar-refractivity contribution is -0.163. The van der Waals surface area contributed by atoms with Crippen molar-refractivity contribution in [1.29, 1.82) is 0 Å². The van der Waals surface area contributed by atoms with E-state index in [2.05, 4.69) is 6.58 Å². The van der Waals surface area contributed by atoms with Crippen LogP contribution in [0.3, 0.4) is 0 Å². The molecule has 124 valence electrons. The maximum absolute atomic E-state index is 11.6. The molecule has 0 aliphatic carbocycles. The second-order valence-corrected chi connectivity index (χ2v) is 5.85. The Balaban J connectivity index is 2.53. The van der Waals surface area contributed by atoms with Crippen LogP contribution in [0.2, 0.25) is 0 Å². The van der Waals surface area contributed by atoms with Crippen LogP contribution in [0, 0.1) is 0 Å². The Kier molecular flexibility index (Phi) is 6.07. The standard InChI is InChI=1S/C17H20O6/c1-11(2)15(19)22-13-8-6-12(7-9-13)21-10-14(18)16(20)23-17(3,4)5/h6-9H,1,10H2,2-5H3. The van der Waals surface area contributed by atoms with Gasteiger partial charge in [0.25, 0.3) is 5.78 Å². The number of ether oxygens (including phenoxy) is 3. The Bertz CT molecular complexity index is 607. The van der Waals surface area contributed by atoms with Gasteiger partial charge in [-0.1, -0.05) is 6.58 Å². The third-order valence-electron chi connectivity index (χ3n) is 2.38. The van der Waals surface area contributed by atoms with Crippen LogP contribution in [0.1, 0.15) is 27.7 Å². The summed E-state index contributed by atoms with van der Waals surface area (Å²) in [5.74, 6) is -1.57. The molecule has 0 saturated carbocycles. The number of carbonyl (C=O) groups is 3. The number of carbonyl (C=O) groups excluding carboxylic acids is 3. The average Bonchev–Trinajstić information content (AvgIpc) is 2.44. The summed E-state index contributed by atoms with van der Waals surface area (Å²) >= 11 is 0. The lowest BCUT2D eigenvalue weighted by atomic mass is 10.2. The maximum Gasteiger partial charge on any atom is 0.378 e. The predicted molar refractivity (Wildman–Crippen MR) is 83.2 cm³/mol. The number of Topliss-reactive ketones (excluding diaryl/α,β-unsaturated/α-hetero) is 1. The molecule has 0 heterocycles. The largest absolute Gasteiger partial charge is 0.485 e. The lowest BCUT2D eigenvalue weighted by Gasteiger charge is -2.18. The first-order valence-electron chi connectivity index (χ1n) is 6.95. The van der Waals surface area contributed by atoms with Gasteiger partial charge in [0, 0.05) is 5.57 Å². The molecule has 1 rings (SSSR count). The average molecular weight is 320 g/mol. The number of rotatable bonds is 6. The number of hydrogen-bond acceptors (Lipinski definition) is 6. The molecule has 0 unspecified atom stereocenters. The molecular weight excluding hydrogens is 300 g/mol. The highest BCUT2D eigenvalue weighted by Crippen LogP contribution is 2.18. The van der Waals surface area contributed by atoms with E-state index in [4.69, 9.17) is 14.2 Å². The van der Waals surface area contributed by atoms with E-state index in [0.717, 1.165) is 0 Å². The predicted octanol–water partition coefficient (Wildman–Crippen LogP) is 2.46. The van der Waals surface area contributed by atoms with Crippen LogP contribution < -0.4 is 9.47 Å². The highest BCUT2D eigenvalue weighted by Gasteiger charge is 2.23. The molecule has 0 N–H and O–H groups in total. The summed E-state index contributed by atoms with van der Waals surface area (Å²) in [5.41, 5.74) is -0.449. The summed E-state index contributed by atoms with van der Waals surface area (Å²) in [6, 6.07) is 6.05. The molecular formula is C17H20O6. The summed E-state index contributed by atoms with van der Waals surface area (Å²) in [5, 5.41) is 0. The van der Waals surface area contributed by atoms with Crippen LogP contribution in [-0.4, -0.2) is 29.9 Å². The fourth-order valence-electron chi connectivity index (χ4n) is 1.34. The van der Waals surface area contributed by atoms with Gasteiger partial charge >= 0.3 is 11.9 Å². The summed E-state index contributed by atoms with van der Waals surface area (Å²) in [6.07, 6.45) is 0. The van der Waals surface area contributed by atoms with Crippen molar-refractivity contribution >= 4 is 17.7 Å². The third-order valence-corrected chi connectivity index (χ3v) is 2.38. The fourth-order valence-corrected chi connectivity index (χ4v) is 1.34. The number of esters is 2. The normalized spacial score (nSPS) is 10.6. The quantitative estimate of drug-likeness (QED) is 0.347. The van der Waals surface area contributed by atoms with Crippen LogP contribution in [0.15, 0.2) is 36.4 Å². The Morgan fingerprint density at radius 1 is 1.00 bits per heavy atom. The molecule has 0 radical (unpaired) electrons. The molecule has 0 aliphatic heterocycles. The van der Waals surface area contributed by atoms with E-state index in [-0.39, 0.29) is 5.57 Å². The molecule has 0 spiro atoms. The van der Waals surface area contributed by atoms with Crippen LogP contribution in [0.25, 0.3) is 0 Å². The van der Waals surface area contributed by atoms with E-state index >= 15 is 0 Å². The van der Waals surface area contributed by atoms with Gasteiger partial charge in [0.05, 0.1) is 0 Å². The van der Waals surface area contributed by atoms with Crippen molar-refractivity contribution in [3.63, 3.8) is 0 Å². The van der Waals surface area contributed by atoms with Crippen molar-refractivity contribution in [2.75, 3.05) is 6.61 Å². The number of ketones is 1.